The summed E-state index contributed by atoms with van der Waals surface area (Å²) < 4.78 is 11.4. The van der Waals surface area contributed by atoms with Gasteiger partial charge in [-0.1, -0.05) is 0 Å². The van der Waals surface area contributed by atoms with Crippen LogP contribution in [0.5, 0.6) is 5.75 Å². The molecule has 1 saturated carbocycles. The number of carbonyl (C=O) groups excluding carboxylic acids is 1. The number of rotatable bonds is 4. The highest BCUT2D eigenvalue weighted by Gasteiger charge is 2.31. The predicted molar refractivity (Wildman–Crippen MR) is 90.5 cm³/mol. The van der Waals surface area contributed by atoms with Gasteiger partial charge in [-0.05, 0) is 67.7 Å². The summed E-state index contributed by atoms with van der Waals surface area (Å²) in [5, 5.41) is 6.33. The molecule has 0 saturated heterocycles. The number of ether oxygens (including phenoxy) is 2. The summed E-state index contributed by atoms with van der Waals surface area (Å²) in [5.74, 6) is 0.809. The van der Waals surface area contributed by atoms with Crippen LogP contribution >= 0.6 is 15.9 Å². The standard InChI is InChI=1S/C16H23BrN2O3/c1-16(2,3)22-15(20)19-12-7-11(8-12)18-10-5-6-14(21-4)13(17)9-10/h5-6,9,11-12,18H,7-8H2,1-4H3,(H,19,20). The van der Waals surface area contributed by atoms with Crippen LogP contribution in [-0.4, -0.2) is 30.9 Å². The Morgan fingerprint density at radius 3 is 2.50 bits per heavy atom. The van der Waals surface area contributed by atoms with Gasteiger partial charge in [0.1, 0.15) is 11.4 Å². The molecule has 2 rings (SSSR count). The Hall–Kier alpha value is -1.43. The van der Waals surface area contributed by atoms with Crippen LogP contribution in [0, 0.1) is 0 Å². The zero-order valence-electron chi connectivity index (χ0n) is 13.4. The monoisotopic (exact) mass is 370 g/mol. The molecule has 0 heterocycles. The van der Waals surface area contributed by atoms with Gasteiger partial charge in [0.25, 0.3) is 0 Å². The van der Waals surface area contributed by atoms with E-state index in [0.29, 0.717) is 6.04 Å². The first-order valence-corrected chi connectivity index (χ1v) is 8.16. The van der Waals surface area contributed by atoms with Crippen molar-refractivity contribution in [3.8, 4) is 5.75 Å². The number of benzene rings is 1. The molecule has 0 bridgehead atoms. The van der Waals surface area contributed by atoms with Gasteiger partial charge in [0.2, 0.25) is 0 Å². The smallest absolute Gasteiger partial charge is 0.407 e. The first kappa shape index (κ1) is 16.9. The molecule has 1 amide bonds. The number of hydrogen-bond donors (Lipinski definition) is 2. The second-order valence-electron chi connectivity index (χ2n) is 6.51. The summed E-state index contributed by atoms with van der Waals surface area (Å²) in [6.07, 6.45) is 1.44. The molecular formula is C16H23BrN2O3. The summed E-state index contributed by atoms with van der Waals surface area (Å²) in [7, 11) is 1.64. The van der Waals surface area contributed by atoms with Gasteiger partial charge < -0.3 is 20.1 Å². The molecule has 0 atom stereocenters. The summed E-state index contributed by atoms with van der Waals surface area (Å²) in [4.78, 5) is 11.7. The first-order chi connectivity index (χ1) is 10.3. The van der Waals surface area contributed by atoms with Crippen molar-refractivity contribution in [1.29, 1.82) is 0 Å². The Labute approximate surface area is 139 Å². The van der Waals surface area contributed by atoms with Crippen molar-refractivity contribution in [3.63, 3.8) is 0 Å². The highest BCUT2D eigenvalue weighted by molar-refractivity contribution is 9.10. The molecule has 6 heteroatoms. The van der Waals surface area contributed by atoms with E-state index in [4.69, 9.17) is 9.47 Å². The van der Waals surface area contributed by atoms with Crippen molar-refractivity contribution in [2.24, 2.45) is 0 Å². The minimum atomic E-state index is -0.457. The molecule has 22 heavy (non-hydrogen) atoms. The molecule has 1 aliphatic carbocycles. The molecule has 2 N–H and O–H groups in total. The van der Waals surface area contributed by atoms with E-state index in [1.54, 1.807) is 7.11 Å². The second-order valence-corrected chi connectivity index (χ2v) is 7.36. The van der Waals surface area contributed by atoms with Gasteiger partial charge >= 0.3 is 6.09 Å². The van der Waals surface area contributed by atoms with Gasteiger partial charge in [0, 0.05) is 17.8 Å². The molecule has 5 nitrogen and oxygen atoms in total. The number of halogens is 1. The van der Waals surface area contributed by atoms with Gasteiger partial charge in [-0.25, -0.2) is 4.79 Å². The van der Waals surface area contributed by atoms with Crippen LogP contribution in [0.15, 0.2) is 22.7 Å². The molecule has 1 fully saturated rings. The maximum atomic E-state index is 11.7. The van der Waals surface area contributed by atoms with Gasteiger partial charge in [0.15, 0.2) is 0 Å². The molecule has 1 aliphatic rings. The van der Waals surface area contributed by atoms with E-state index in [-0.39, 0.29) is 12.1 Å². The maximum absolute atomic E-state index is 11.7. The molecule has 0 radical (unpaired) electrons. The average Bonchev–Trinajstić information content (AvgIpc) is 2.34. The van der Waals surface area contributed by atoms with Crippen molar-refractivity contribution in [3.05, 3.63) is 22.7 Å². The van der Waals surface area contributed by atoms with Crippen molar-refractivity contribution in [2.45, 2.75) is 51.3 Å². The van der Waals surface area contributed by atoms with Crippen molar-refractivity contribution in [1.82, 2.24) is 5.32 Å². The largest absolute Gasteiger partial charge is 0.496 e. The summed E-state index contributed by atoms with van der Waals surface area (Å²) in [6.45, 7) is 5.58. The van der Waals surface area contributed by atoms with Crippen LogP contribution in [0.1, 0.15) is 33.6 Å². The lowest BCUT2D eigenvalue weighted by atomic mass is 9.86. The highest BCUT2D eigenvalue weighted by atomic mass is 79.9. The Kier molecular flexibility index (Phi) is 5.21. The van der Waals surface area contributed by atoms with Crippen molar-refractivity contribution < 1.29 is 14.3 Å². The zero-order valence-corrected chi connectivity index (χ0v) is 15.0. The molecule has 122 valence electrons. The molecule has 0 unspecified atom stereocenters. The molecule has 0 aromatic heterocycles. The quantitative estimate of drug-likeness (QED) is 0.842. The van der Waals surface area contributed by atoms with E-state index in [1.807, 2.05) is 39.0 Å². The number of alkyl carbamates (subject to hydrolysis) is 1. The van der Waals surface area contributed by atoms with Crippen molar-refractivity contribution in [2.75, 3.05) is 12.4 Å². The Balaban J connectivity index is 1.75. The number of carbonyl (C=O) groups is 1. The highest BCUT2D eigenvalue weighted by Crippen LogP contribution is 2.30. The summed E-state index contributed by atoms with van der Waals surface area (Å²) >= 11 is 3.47. The van der Waals surface area contributed by atoms with Gasteiger partial charge in [-0.3, -0.25) is 0 Å². The van der Waals surface area contributed by atoms with Crippen LogP contribution in [0.2, 0.25) is 0 Å². The average molecular weight is 371 g/mol. The molecule has 1 aromatic carbocycles. The van der Waals surface area contributed by atoms with Crippen LogP contribution < -0.4 is 15.4 Å². The summed E-state index contributed by atoms with van der Waals surface area (Å²) in [6, 6.07) is 6.43. The Bertz CT molecular complexity index is 537. The van der Waals surface area contributed by atoms with E-state index in [9.17, 15) is 4.79 Å². The molecule has 0 spiro atoms. The fourth-order valence-electron chi connectivity index (χ4n) is 2.32. The molecule has 1 aromatic rings. The number of amides is 1. The van der Waals surface area contributed by atoms with Crippen LogP contribution in [0.4, 0.5) is 10.5 Å². The Morgan fingerprint density at radius 2 is 1.95 bits per heavy atom. The maximum Gasteiger partial charge on any atom is 0.407 e. The minimum Gasteiger partial charge on any atom is -0.496 e. The predicted octanol–water partition coefficient (Wildman–Crippen LogP) is 3.93. The van der Waals surface area contributed by atoms with Gasteiger partial charge in [0.05, 0.1) is 11.6 Å². The van der Waals surface area contributed by atoms with Crippen LogP contribution in [0.25, 0.3) is 0 Å². The normalized spacial score (nSPS) is 20.8. The third-order valence-corrected chi connectivity index (χ3v) is 4.00. The fraction of sp³-hybridized carbons (Fsp3) is 0.562. The van der Waals surface area contributed by atoms with Gasteiger partial charge in [-0.2, -0.15) is 0 Å². The first-order valence-electron chi connectivity index (χ1n) is 7.36. The third kappa shape index (κ3) is 4.80. The zero-order chi connectivity index (χ0) is 16.3. The lowest BCUT2D eigenvalue weighted by molar-refractivity contribution is 0.0475. The number of methoxy groups -OCH3 is 1. The topological polar surface area (TPSA) is 59.6 Å². The third-order valence-electron chi connectivity index (χ3n) is 3.38. The molecule has 0 aliphatic heterocycles. The SMILES string of the molecule is COc1ccc(NC2CC(NC(=O)OC(C)(C)C)C2)cc1Br. The molecular weight excluding hydrogens is 348 g/mol. The van der Waals surface area contributed by atoms with E-state index >= 15 is 0 Å². The van der Waals surface area contributed by atoms with E-state index < -0.39 is 5.60 Å². The summed E-state index contributed by atoms with van der Waals surface area (Å²) in [5.41, 5.74) is 0.578. The van der Waals surface area contributed by atoms with Crippen LogP contribution in [-0.2, 0) is 4.74 Å². The van der Waals surface area contributed by atoms with E-state index in [0.717, 1.165) is 28.8 Å². The second kappa shape index (κ2) is 6.77. The van der Waals surface area contributed by atoms with E-state index in [1.165, 1.54) is 0 Å². The number of hydrogen-bond acceptors (Lipinski definition) is 4. The van der Waals surface area contributed by atoms with Crippen LogP contribution in [0.3, 0.4) is 0 Å². The number of nitrogens with one attached hydrogen (secondary N) is 2. The lowest BCUT2D eigenvalue weighted by Crippen LogP contribution is -2.50. The number of anilines is 1. The Morgan fingerprint density at radius 1 is 1.27 bits per heavy atom. The minimum absolute atomic E-state index is 0.175. The van der Waals surface area contributed by atoms with Gasteiger partial charge in [-0.15, -0.1) is 0 Å². The lowest BCUT2D eigenvalue weighted by Gasteiger charge is -2.37. The van der Waals surface area contributed by atoms with Crippen molar-refractivity contribution >= 4 is 27.7 Å². The van der Waals surface area contributed by atoms with E-state index in [2.05, 4.69) is 26.6 Å². The fourth-order valence-corrected chi connectivity index (χ4v) is 2.86.